The second-order valence-corrected chi connectivity index (χ2v) is 13.7. The predicted molar refractivity (Wildman–Crippen MR) is 182 cm³/mol. The minimum Gasteiger partial charge on any atom is -0.457 e. The van der Waals surface area contributed by atoms with Crippen LogP contribution in [0.2, 0.25) is 0 Å². The lowest BCUT2D eigenvalue weighted by Crippen LogP contribution is -2.29. The average molecular weight is 665 g/mol. The summed E-state index contributed by atoms with van der Waals surface area (Å²) in [6.45, 7) is 3.48. The van der Waals surface area contributed by atoms with Crippen LogP contribution in [-0.4, -0.2) is 66.3 Å². The zero-order valence-corrected chi connectivity index (χ0v) is 29.7. The van der Waals surface area contributed by atoms with Gasteiger partial charge in [0.2, 0.25) is 0 Å². The number of allylic oxidation sites excluding steroid dienone is 2. The molecule has 0 bridgehead atoms. The summed E-state index contributed by atoms with van der Waals surface area (Å²) >= 11 is 0. The van der Waals surface area contributed by atoms with E-state index < -0.39 is 39.2 Å². The van der Waals surface area contributed by atoms with E-state index in [0.29, 0.717) is 6.61 Å². The maximum absolute atomic E-state index is 12.5. The van der Waals surface area contributed by atoms with Gasteiger partial charge in [-0.3, -0.25) is 13.8 Å². The van der Waals surface area contributed by atoms with Crippen LogP contribution in [0.3, 0.4) is 0 Å². The van der Waals surface area contributed by atoms with Gasteiger partial charge >= 0.3 is 13.8 Å². The normalized spacial score (nSPS) is 14.5. The maximum atomic E-state index is 12.5. The van der Waals surface area contributed by atoms with Crippen LogP contribution in [0.5, 0.6) is 0 Å². The van der Waals surface area contributed by atoms with Crippen LogP contribution >= 0.6 is 7.82 Å². The van der Waals surface area contributed by atoms with Gasteiger partial charge in [0, 0.05) is 13.0 Å². The fourth-order valence-electron chi connectivity index (χ4n) is 4.88. The van der Waals surface area contributed by atoms with Gasteiger partial charge in [-0.05, 0) is 38.5 Å². The Hall–Kier alpha value is -0.800. The van der Waals surface area contributed by atoms with Crippen molar-refractivity contribution < 1.29 is 43.0 Å². The molecule has 0 aliphatic carbocycles. The summed E-state index contributed by atoms with van der Waals surface area (Å²) in [5, 5.41) is 18.2. The smallest absolute Gasteiger partial charge is 0.457 e. The highest BCUT2D eigenvalue weighted by Crippen LogP contribution is 2.43. The molecule has 0 fully saturated rings. The number of ether oxygens (including phenoxy) is 2. The zero-order valence-electron chi connectivity index (χ0n) is 28.8. The van der Waals surface area contributed by atoms with Gasteiger partial charge in [-0.2, -0.15) is 0 Å². The first-order chi connectivity index (χ1) is 21.8. The van der Waals surface area contributed by atoms with Crippen molar-refractivity contribution in [3.8, 4) is 0 Å². The van der Waals surface area contributed by atoms with Gasteiger partial charge in [0.1, 0.15) is 12.2 Å². The van der Waals surface area contributed by atoms with Gasteiger partial charge in [-0.1, -0.05) is 129 Å². The molecule has 0 heterocycles. The van der Waals surface area contributed by atoms with Crippen molar-refractivity contribution >= 4 is 13.8 Å². The van der Waals surface area contributed by atoms with Crippen molar-refractivity contribution in [2.45, 2.75) is 174 Å². The largest absolute Gasteiger partial charge is 0.472 e. The van der Waals surface area contributed by atoms with Crippen molar-refractivity contribution in [1.82, 2.24) is 0 Å². The summed E-state index contributed by atoms with van der Waals surface area (Å²) in [5.41, 5.74) is 0. The van der Waals surface area contributed by atoms with Crippen LogP contribution in [-0.2, 0) is 27.9 Å². The Morgan fingerprint density at radius 1 is 0.667 bits per heavy atom. The Kier molecular flexibility index (Phi) is 32.5. The summed E-state index contributed by atoms with van der Waals surface area (Å²) in [4.78, 5) is 22.4. The van der Waals surface area contributed by atoms with Crippen LogP contribution in [0.1, 0.15) is 162 Å². The van der Waals surface area contributed by atoms with E-state index in [4.69, 9.17) is 23.6 Å². The van der Waals surface area contributed by atoms with E-state index in [1.807, 2.05) is 0 Å². The van der Waals surface area contributed by atoms with Crippen LogP contribution < -0.4 is 0 Å². The number of phosphoric ester groups is 1. The SMILES string of the molecule is CCCCCCCC/C=C\CCCCCCCC(=O)OC(COCCCCCCCCCCC)COP(=O)(O)OCC(O)CO. The topological polar surface area (TPSA) is 132 Å². The summed E-state index contributed by atoms with van der Waals surface area (Å²) in [6.07, 6.45) is 28.8. The molecule has 9 nitrogen and oxygen atoms in total. The molecular formula is C35H69O9P. The summed E-state index contributed by atoms with van der Waals surface area (Å²) in [6, 6.07) is 0. The number of carbonyl (C=O) groups is 1. The fraction of sp³-hybridized carbons (Fsp3) is 0.914. The highest BCUT2D eigenvalue weighted by atomic mass is 31.2. The number of phosphoric acid groups is 1. The molecule has 0 spiro atoms. The van der Waals surface area contributed by atoms with Gasteiger partial charge in [0.05, 0.1) is 26.4 Å². The molecule has 10 heteroatoms. The highest BCUT2D eigenvalue weighted by molar-refractivity contribution is 7.47. The third-order valence-corrected chi connectivity index (χ3v) is 8.65. The molecule has 268 valence electrons. The lowest BCUT2D eigenvalue weighted by molar-refractivity contribution is -0.154. The number of aliphatic hydroxyl groups excluding tert-OH is 2. The molecule has 0 aliphatic heterocycles. The molecule has 0 rings (SSSR count). The maximum Gasteiger partial charge on any atom is 0.472 e. The third kappa shape index (κ3) is 32.9. The van der Waals surface area contributed by atoms with Crippen LogP contribution in [0.15, 0.2) is 12.2 Å². The molecule has 3 unspecified atom stereocenters. The predicted octanol–water partition coefficient (Wildman–Crippen LogP) is 8.97. The van der Waals surface area contributed by atoms with E-state index in [1.54, 1.807) is 0 Å². The molecule has 0 saturated carbocycles. The first-order valence-electron chi connectivity index (χ1n) is 18.2. The lowest BCUT2D eigenvalue weighted by Gasteiger charge is -2.20. The number of esters is 1. The molecule has 0 aromatic heterocycles. The van der Waals surface area contributed by atoms with Crippen LogP contribution in [0, 0.1) is 0 Å². The Labute approximate surface area is 275 Å². The van der Waals surface area contributed by atoms with Gasteiger partial charge < -0.3 is 24.6 Å². The number of unbranched alkanes of at least 4 members (excludes halogenated alkanes) is 19. The van der Waals surface area contributed by atoms with Gasteiger partial charge in [0.15, 0.2) is 0 Å². The van der Waals surface area contributed by atoms with Crippen molar-refractivity contribution in [3.05, 3.63) is 12.2 Å². The summed E-state index contributed by atoms with van der Waals surface area (Å²) < 4.78 is 33.1. The van der Waals surface area contributed by atoms with Crippen molar-refractivity contribution in [2.75, 3.05) is 33.0 Å². The first kappa shape index (κ1) is 44.2. The number of hydrogen-bond acceptors (Lipinski definition) is 8. The summed E-state index contributed by atoms with van der Waals surface area (Å²) in [5.74, 6) is -0.391. The lowest BCUT2D eigenvalue weighted by atomic mass is 10.1. The minimum absolute atomic E-state index is 0.0500. The average Bonchev–Trinajstić information content (AvgIpc) is 3.03. The van der Waals surface area contributed by atoms with Crippen LogP contribution in [0.25, 0.3) is 0 Å². The molecule has 0 saturated heterocycles. The van der Waals surface area contributed by atoms with Gasteiger partial charge in [0.25, 0.3) is 0 Å². The number of carbonyl (C=O) groups excluding carboxylic acids is 1. The number of hydrogen-bond donors (Lipinski definition) is 3. The zero-order chi connectivity index (χ0) is 33.3. The van der Waals surface area contributed by atoms with Crippen molar-refractivity contribution in [2.24, 2.45) is 0 Å². The molecule has 3 N–H and O–H groups in total. The second kappa shape index (κ2) is 33.1. The molecule has 0 aliphatic rings. The Balaban J connectivity index is 4.23. The van der Waals surface area contributed by atoms with E-state index in [0.717, 1.165) is 57.8 Å². The Morgan fingerprint density at radius 2 is 1.13 bits per heavy atom. The standard InChI is InChI=1S/C35H69O9P/c1-3-5-7-9-11-13-14-15-16-17-18-19-21-23-25-27-35(38)44-34(32-43-45(39,40)42-30-33(37)29-36)31-41-28-26-24-22-20-12-10-8-6-4-2/h15-16,33-34,36-37H,3-14,17-32H2,1-2H3,(H,39,40)/b16-15-. The van der Waals surface area contributed by atoms with E-state index in [9.17, 15) is 19.4 Å². The molecular weight excluding hydrogens is 595 g/mol. The summed E-state index contributed by atoms with van der Waals surface area (Å²) in [7, 11) is -4.50. The minimum atomic E-state index is -4.50. The van der Waals surface area contributed by atoms with Crippen LogP contribution in [0.4, 0.5) is 0 Å². The molecule has 0 amide bonds. The highest BCUT2D eigenvalue weighted by Gasteiger charge is 2.26. The quantitative estimate of drug-likeness (QED) is 0.0263. The van der Waals surface area contributed by atoms with E-state index in [2.05, 4.69) is 26.0 Å². The Morgan fingerprint density at radius 3 is 1.67 bits per heavy atom. The number of rotatable bonds is 35. The molecule has 0 radical (unpaired) electrons. The third-order valence-electron chi connectivity index (χ3n) is 7.70. The molecule has 0 aromatic carbocycles. The molecule has 45 heavy (non-hydrogen) atoms. The van der Waals surface area contributed by atoms with Crippen molar-refractivity contribution in [1.29, 1.82) is 0 Å². The van der Waals surface area contributed by atoms with Crippen molar-refractivity contribution in [3.63, 3.8) is 0 Å². The first-order valence-corrected chi connectivity index (χ1v) is 19.7. The second-order valence-electron chi connectivity index (χ2n) is 12.2. The molecule has 0 aromatic rings. The van der Waals surface area contributed by atoms with Gasteiger partial charge in [-0.25, -0.2) is 4.57 Å². The fourth-order valence-corrected chi connectivity index (χ4v) is 5.67. The monoisotopic (exact) mass is 664 g/mol. The van der Waals surface area contributed by atoms with Gasteiger partial charge in [-0.15, -0.1) is 0 Å². The molecule has 3 atom stereocenters. The Bertz CT molecular complexity index is 719. The van der Waals surface area contributed by atoms with E-state index in [1.165, 1.54) is 83.5 Å². The number of aliphatic hydroxyl groups is 2. The van der Waals surface area contributed by atoms with E-state index in [-0.39, 0.29) is 19.6 Å². The van der Waals surface area contributed by atoms with E-state index >= 15 is 0 Å².